The first-order valence-corrected chi connectivity index (χ1v) is 5.76. The van der Waals surface area contributed by atoms with Gasteiger partial charge in [-0.3, -0.25) is 0 Å². The highest BCUT2D eigenvalue weighted by Crippen LogP contribution is 1.70. The van der Waals surface area contributed by atoms with Crippen molar-refractivity contribution in [3.63, 3.8) is 0 Å². The number of hydrogen-bond acceptors (Lipinski definition) is 5. The third-order valence-electron chi connectivity index (χ3n) is 1.89. The van der Waals surface area contributed by atoms with Crippen LogP contribution in [-0.2, 0) is 0 Å². The van der Waals surface area contributed by atoms with Crippen LogP contribution in [0.4, 0.5) is 0 Å². The van der Waals surface area contributed by atoms with Gasteiger partial charge in [-0.1, -0.05) is 0 Å². The molecule has 0 saturated heterocycles. The summed E-state index contributed by atoms with van der Waals surface area (Å²) in [6.07, 6.45) is 0. The first-order valence-electron chi connectivity index (χ1n) is 5.76. The van der Waals surface area contributed by atoms with E-state index in [4.69, 9.17) is 11.5 Å². The van der Waals surface area contributed by atoms with Gasteiger partial charge in [0.25, 0.3) is 0 Å². The van der Waals surface area contributed by atoms with Crippen LogP contribution in [0.15, 0.2) is 0 Å². The molecular formula is C10H27N5. The van der Waals surface area contributed by atoms with E-state index >= 15 is 0 Å². The van der Waals surface area contributed by atoms with E-state index in [1.54, 1.807) is 0 Å². The quantitative estimate of drug-likeness (QED) is 0.286. The van der Waals surface area contributed by atoms with Crippen LogP contribution in [0.3, 0.4) is 0 Å². The Bertz CT molecular complexity index is 113. The fourth-order valence-corrected chi connectivity index (χ4v) is 1.14. The van der Waals surface area contributed by atoms with Crippen molar-refractivity contribution in [3.8, 4) is 0 Å². The minimum atomic E-state index is 0.234. The van der Waals surface area contributed by atoms with E-state index in [1.807, 2.05) is 13.8 Å². The van der Waals surface area contributed by atoms with Crippen molar-refractivity contribution in [2.45, 2.75) is 25.9 Å². The van der Waals surface area contributed by atoms with Crippen LogP contribution < -0.4 is 27.4 Å². The molecule has 0 bridgehead atoms. The van der Waals surface area contributed by atoms with Crippen LogP contribution in [0.5, 0.6) is 0 Å². The number of rotatable bonds is 10. The van der Waals surface area contributed by atoms with Crippen LogP contribution in [0.2, 0.25) is 0 Å². The average Bonchev–Trinajstić information content (AvgIpc) is 2.14. The zero-order valence-electron chi connectivity index (χ0n) is 10.1. The van der Waals surface area contributed by atoms with Crippen LogP contribution in [-0.4, -0.2) is 51.4 Å². The summed E-state index contributed by atoms with van der Waals surface area (Å²) in [6, 6.07) is 0.468. The lowest BCUT2D eigenvalue weighted by Gasteiger charge is -2.10. The van der Waals surface area contributed by atoms with Gasteiger partial charge >= 0.3 is 0 Å². The zero-order chi connectivity index (χ0) is 11.5. The monoisotopic (exact) mass is 217 g/mol. The van der Waals surface area contributed by atoms with Crippen LogP contribution in [0, 0.1) is 0 Å². The fraction of sp³-hybridized carbons (Fsp3) is 1.00. The zero-order valence-corrected chi connectivity index (χ0v) is 10.1. The molecule has 5 heteroatoms. The van der Waals surface area contributed by atoms with Crippen molar-refractivity contribution in [1.82, 2.24) is 16.0 Å². The molecule has 0 aliphatic carbocycles. The maximum atomic E-state index is 5.60. The van der Waals surface area contributed by atoms with Crippen molar-refractivity contribution in [1.29, 1.82) is 0 Å². The van der Waals surface area contributed by atoms with Gasteiger partial charge < -0.3 is 27.4 Å². The lowest BCUT2D eigenvalue weighted by atomic mass is 10.3. The molecule has 0 aliphatic rings. The van der Waals surface area contributed by atoms with E-state index in [1.165, 1.54) is 0 Å². The Morgan fingerprint density at radius 2 is 1.07 bits per heavy atom. The van der Waals surface area contributed by atoms with Gasteiger partial charge in [0.1, 0.15) is 0 Å². The van der Waals surface area contributed by atoms with Crippen molar-refractivity contribution in [3.05, 3.63) is 0 Å². The Kier molecular flexibility index (Phi) is 10.2. The van der Waals surface area contributed by atoms with Crippen molar-refractivity contribution < 1.29 is 0 Å². The number of nitrogens with two attached hydrogens (primary N) is 2. The van der Waals surface area contributed by atoms with Gasteiger partial charge in [0.15, 0.2) is 0 Å². The standard InChI is InChI=1S/C10H27N5/c1-9(11)7-14-5-3-13-4-6-15-8-10(2)12/h9-10,13-15H,3-8,11-12H2,1-2H3. The van der Waals surface area contributed by atoms with Gasteiger partial charge in [0.2, 0.25) is 0 Å². The van der Waals surface area contributed by atoms with Gasteiger partial charge in [0, 0.05) is 51.4 Å². The molecule has 15 heavy (non-hydrogen) atoms. The second-order valence-corrected chi connectivity index (χ2v) is 4.11. The summed E-state index contributed by atoms with van der Waals surface area (Å²) in [5.74, 6) is 0. The van der Waals surface area contributed by atoms with Crippen molar-refractivity contribution in [2.24, 2.45) is 11.5 Å². The molecule has 0 amide bonds. The Morgan fingerprint density at radius 1 is 0.733 bits per heavy atom. The van der Waals surface area contributed by atoms with E-state index in [0.717, 1.165) is 39.3 Å². The Labute approximate surface area is 93.4 Å². The molecule has 0 aromatic carbocycles. The molecule has 0 aromatic heterocycles. The van der Waals surface area contributed by atoms with Gasteiger partial charge in [-0.15, -0.1) is 0 Å². The highest BCUT2D eigenvalue weighted by atomic mass is 15.0. The van der Waals surface area contributed by atoms with E-state index in [-0.39, 0.29) is 12.1 Å². The predicted octanol–water partition coefficient (Wildman–Crippen LogP) is -1.55. The van der Waals surface area contributed by atoms with Crippen molar-refractivity contribution in [2.75, 3.05) is 39.3 Å². The number of hydrogen-bond donors (Lipinski definition) is 5. The summed E-state index contributed by atoms with van der Waals surface area (Å²) in [5.41, 5.74) is 11.2. The van der Waals surface area contributed by atoms with Gasteiger partial charge in [-0.2, -0.15) is 0 Å². The highest BCUT2D eigenvalue weighted by Gasteiger charge is 1.93. The normalized spacial score (nSPS) is 15.2. The summed E-state index contributed by atoms with van der Waals surface area (Å²) in [5, 5.41) is 9.86. The minimum absolute atomic E-state index is 0.234. The van der Waals surface area contributed by atoms with E-state index in [2.05, 4.69) is 16.0 Å². The summed E-state index contributed by atoms with van der Waals surface area (Å²) >= 11 is 0. The third-order valence-corrected chi connectivity index (χ3v) is 1.89. The lowest BCUT2D eigenvalue weighted by Crippen LogP contribution is -2.38. The summed E-state index contributed by atoms with van der Waals surface area (Å²) in [4.78, 5) is 0. The maximum absolute atomic E-state index is 5.60. The van der Waals surface area contributed by atoms with Gasteiger partial charge in [-0.25, -0.2) is 0 Å². The van der Waals surface area contributed by atoms with E-state index < -0.39 is 0 Å². The molecule has 2 atom stereocenters. The van der Waals surface area contributed by atoms with Crippen molar-refractivity contribution >= 4 is 0 Å². The highest BCUT2D eigenvalue weighted by molar-refractivity contribution is 4.61. The molecular weight excluding hydrogens is 190 g/mol. The minimum Gasteiger partial charge on any atom is -0.327 e. The smallest absolute Gasteiger partial charge is 0.0136 e. The average molecular weight is 217 g/mol. The molecule has 0 heterocycles. The summed E-state index contributed by atoms with van der Waals surface area (Å²) < 4.78 is 0. The second-order valence-electron chi connectivity index (χ2n) is 4.11. The van der Waals surface area contributed by atoms with E-state index in [0.29, 0.717) is 0 Å². The molecule has 7 N–H and O–H groups in total. The van der Waals surface area contributed by atoms with Crippen LogP contribution in [0.25, 0.3) is 0 Å². The SMILES string of the molecule is CC(N)CNCCNCCNCC(C)N. The van der Waals surface area contributed by atoms with Crippen LogP contribution >= 0.6 is 0 Å². The molecule has 0 rings (SSSR count). The summed E-state index contributed by atoms with van der Waals surface area (Å²) in [7, 11) is 0. The molecule has 2 unspecified atom stereocenters. The third kappa shape index (κ3) is 13.8. The molecule has 0 fully saturated rings. The topological polar surface area (TPSA) is 88.1 Å². The lowest BCUT2D eigenvalue weighted by molar-refractivity contribution is 0.549. The van der Waals surface area contributed by atoms with Gasteiger partial charge in [0.05, 0.1) is 0 Å². The molecule has 0 saturated carbocycles. The Hall–Kier alpha value is -0.200. The molecule has 0 radical (unpaired) electrons. The molecule has 92 valence electrons. The maximum Gasteiger partial charge on any atom is 0.0136 e. The van der Waals surface area contributed by atoms with Gasteiger partial charge in [-0.05, 0) is 13.8 Å². The first-order chi connectivity index (χ1) is 7.13. The fourth-order valence-electron chi connectivity index (χ4n) is 1.14. The van der Waals surface area contributed by atoms with E-state index in [9.17, 15) is 0 Å². The first kappa shape index (κ1) is 14.8. The van der Waals surface area contributed by atoms with Crippen LogP contribution in [0.1, 0.15) is 13.8 Å². The molecule has 5 nitrogen and oxygen atoms in total. The second kappa shape index (κ2) is 10.3. The number of nitrogens with one attached hydrogen (secondary N) is 3. The predicted molar refractivity (Wildman–Crippen MR) is 65.9 cm³/mol. The Morgan fingerprint density at radius 3 is 1.40 bits per heavy atom. The molecule has 0 aliphatic heterocycles. The largest absolute Gasteiger partial charge is 0.327 e. The summed E-state index contributed by atoms with van der Waals surface area (Å²) in [6.45, 7) is 9.65. The Balaban J connectivity index is 2.93. The molecule has 0 aromatic rings. The molecule has 0 spiro atoms.